The molecule has 0 bridgehead atoms. The van der Waals surface area contributed by atoms with Gasteiger partial charge in [0.15, 0.2) is 5.13 Å². The predicted octanol–water partition coefficient (Wildman–Crippen LogP) is 5.62. The van der Waals surface area contributed by atoms with Crippen LogP contribution in [0.25, 0.3) is 31.6 Å². The molecular weight excluding hydrogens is 564 g/mol. The molecule has 8 nitrogen and oxygen atoms in total. The lowest BCUT2D eigenvalue weighted by atomic mass is 10.0. The molecule has 11 heteroatoms. The van der Waals surface area contributed by atoms with Gasteiger partial charge in [-0.1, -0.05) is 39.4 Å². The van der Waals surface area contributed by atoms with E-state index in [-0.39, 0.29) is 18.7 Å². The summed E-state index contributed by atoms with van der Waals surface area (Å²) >= 11 is 6.13. The van der Waals surface area contributed by atoms with Gasteiger partial charge in [-0.05, 0) is 49.7 Å². The first kappa shape index (κ1) is 24.3. The summed E-state index contributed by atoms with van der Waals surface area (Å²) in [5, 5.41) is 3.63. The molecule has 1 N–H and O–H groups in total. The Bertz CT molecular complexity index is 1690. The molecule has 0 radical (unpaired) electrons. The number of fused-ring (bicyclic) bond motifs is 2. The van der Waals surface area contributed by atoms with E-state index in [9.17, 15) is 14.4 Å². The SMILES string of the molecule is CCOC(=O)c1ccc2nc(NC(=O)Cn3cnc4sc(C)c(-c5ccc(Br)cc5)c4c3=O)sc2c1. The van der Waals surface area contributed by atoms with Crippen LogP contribution in [0.1, 0.15) is 22.2 Å². The topological polar surface area (TPSA) is 103 Å². The Morgan fingerprint density at radius 2 is 1.92 bits per heavy atom. The van der Waals surface area contributed by atoms with Gasteiger partial charge in [-0.15, -0.1) is 11.3 Å². The maximum absolute atomic E-state index is 13.4. The summed E-state index contributed by atoms with van der Waals surface area (Å²) < 4.78 is 8.03. The van der Waals surface area contributed by atoms with Crippen molar-refractivity contribution in [3.8, 4) is 11.1 Å². The molecule has 0 aliphatic heterocycles. The van der Waals surface area contributed by atoms with Crippen LogP contribution < -0.4 is 10.9 Å². The lowest BCUT2D eigenvalue weighted by Gasteiger charge is -2.06. The molecule has 0 spiro atoms. The summed E-state index contributed by atoms with van der Waals surface area (Å²) in [5.74, 6) is -0.813. The Kier molecular flexibility index (Phi) is 6.69. The summed E-state index contributed by atoms with van der Waals surface area (Å²) in [7, 11) is 0. The van der Waals surface area contributed by atoms with Crippen LogP contribution >= 0.6 is 38.6 Å². The number of thiazole rings is 1. The molecule has 36 heavy (non-hydrogen) atoms. The molecule has 5 aromatic rings. The molecule has 0 aliphatic carbocycles. The highest BCUT2D eigenvalue weighted by Gasteiger charge is 2.18. The van der Waals surface area contributed by atoms with E-state index in [2.05, 4.69) is 31.2 Å². The number of benzene rings is 2. The third-order valence-corrected chi connectivity index (χ3v) is 7.92. The van der Waals surface area contributed by atoms with Gasteiger partial charge in [-0.25, -0.2) is 14.8 Å². The molecule has 2 aromatic carbocycles. The molecule has 0 atom stereocenters. The van der Waals surface area contributed by atoms with Gasteiger partial charge in [0.05, 0.1) is 34.1 Å². The number of carbonyl (C=O) groups is 2. The lowest BCUT2D eigenvalue weighted by molar-refractivity contribution is -0.116. The Hall–Kier alpha value is -3.41. The van der Waals surface area contributed by atoms with E-state index in [1.165, 1.54) is 33.6 Å². The van der Waals surface area contributed by atoms with Crippen molar-refractivity contribution in [1.82, 2.24) is 14.5 Å². The van der Waals surface area contributed by atoms with Crippen LogP contribution in [-0.4, -0.2) is 33.0 Å². The standard InChI is InChI=1S/C25H19BrN4O4S2/c1-3-34-24(33)15-6-9-17-18(10-15)36-25(28-17)29-19(31)11-30-12-27-22-21(23(30)32)20(13(2)35-22)14-4-7-16(26)8-5-14/h4-10,12H,3,11H2,1-2H3,(H,28,29,31). The molecule has 3 heterocycles. The number of hydrogen-bond acceptors (Lipinski definition) is 8. The second kappa shape index (κ2) is 9.92. The van der Waals surface area contributed by atoms with Gasteiger partial charge in [0.2, 0.25) is 5.91 Å². The number of aromatic nitrogens is 3. The summed E-state index contributed by atoms with van der Waals surface area (Å²) in [6.07, 6.45) is 1.40. The van der Waals surface area contributed by atoms with Gasteiger partial charge in [-0.2, -0.15) is 0 Å². The fourth-order valence-electron chi connectivity index (χ4n) is 3.85. The van der Waals surface area contributed by atoms with Crippen LogP contribution in [0.2, 0.25) is 0 Å². The number of nitrogens with one attached hydrogen (secondary N) is 1. The number of aryl methyl sites for hydroxylation is 1. The minimum Gasteiger partial charge on any atom is -0.462 e. The fraction of sp³-hybridized carbons (Fsp3) is 0.160. The van der Waals surface area contributed by atoms with Crippen molar-refractivity contribution in [3.63, 3.8) is 0 Å². The molecule has 0 saturated heterocycles. The van der Waals surface area contributed by atoms with Crippen molar-refractivity contribution in [2.45, 2.75) is 20.4 Å². The number of amides is 1. The number of nitrogens with zero attached hydrogens (tertiary/aromatic N) is 3. The number of hydrogen-bond donors (Lipinski definition) is 1. The Morgan fingerprint density at radius 3 is 2.67 bits per heavy atom. The van der Waals surface area contributed by atoms with Gasteiger partial charge in [0.1, 0.15) is 11.4 Å². The number of esters is 1. The molecule has 5 rings (SSSR count). The van der Waals surface area contributed by atoms with Crippen molar-refractivity contribution >= 4 is 76.0 Å². The molecule has 0 aliphatic rings. The smallest absolute Gasteiger partial charge is 0.338 e. The first-order chi connectivity index (χ1) is 17.3. The van der Waals surface area contributed by atoms with Gasteiger partial charge in [0.25, 0.3) is 5.56 Å². The second-order valence-electron chi connectivity index (χ2n) is 7.87. The van der Waals surface area contributed by atoms with Crippen molar-refractivity contribution < 1.29 is 14.3 Å². The maximum atomic E-state index is 13.4. The summed E-state index contributed by atoms with van der Waals surface area (Å²) in [6.45, 7) is 3.79. The number of ether oxygens (including phenoxy) is 1. The van der Waals surface area contributed by atoms with Crippen molar-refractivity contribution in [2.24, 2.45) is 0 Å². The molecule has 0 unspecified atom stereocenters. The predicted molar refractivity (Wildman–Crippen MR) is 146 cm³/mol. The Morgan fingerprint density at radius 1 is 1.14 bits per heavy atom. The zero-order valence-electron chi connectivity index (χ0n) is 19.2. The summed E-state index contributed by atoms with van der Waals surface area (Å²) in [4.78, 5) is 48.6. The van der Waals surface area contributed by atoms with Crippen LogP contribution in [0.15, 0.2) is 58.1 Å². The quantitative estimate of drug-likeness (QED) is 0.260. The molecule has 0 saturated carbocycles. The maximum Gasteiger partial charge on any atom is 0.338 e. The third kappa shape index (κ3) is 4.69. The van der Waals surface area contributed by atoms with Crippen LogP contribution in [-0.2, 0) is 16.1 Å². The van der Waals surface area contributed by atoms with Gasteiger partial charge < -0.3 is 10.1 Å². The second-order valence-corrected chi connectivity index (χ2v) is 11.0. The lowest BCUT2D eigenvalue weighted by Crippen LogP contribution is -2.27. The average Bonchev–Trinajstić information content (AvgIpc) is 3.41. The first-order valence-corrected chi connectivity index (χ1v) is 13.4. The van der Waals surface area contributed by atoms with Gasteiger partial charge in [0, 0.05) is 14.9 Å². The highest BCUT2D eigenvalue weighted by molar-refractivity contribution is 9.10. The van der Waals surface area contributed by atoms with Crippen LogP contribution in [0, 0.1) is 6.92 Å². The Balaban J connectivity index is 1.40. The number of halogens is 1. The molecule has 0 fully saturated rings. The van der Waals surface area contributed by atoms with E-state index < -0.39 is 11.9 Å². The summed E-state index contributed by atoms with van der Waals surface area (Å²) in [6, 6.07) is 12.8. The van der Waals surface area contributed by atoms with E-state index in [4.69, 9.17) is 4.74 Å². The van der Waals surface area contributed by atoms with Crippen molar-refractivity contribution in [1.29, 1.82) is 0 Å². The minimum absolute atomic E-state index is 0.208. The minimum atomic E-state index is -0.410. The van der Waals surface area contributed by atoms with E-state index in [1.807, 2.05) is 31.2 Å². The van der Waals surface area contributed by atoms with Crippen LogP contribution in [0.4, 0.5) is 5.13 Å². The zero-order chi connectivity index (χ0) is 25.4. The number of rotatable bonds is 6. The molecular formula is C25H19BrN4O4S2. The average molecular weight is 583 g/mol. The van der Waals surface area contributed by atoms with Gasteiger partial charge in [-0.3, -0.25) is 14.2 Å². The molecule has 1 amide bonds. The Labute approximate surface area is 221 Å². The summed E-state index contributed by atoms with van der Waals surface area (Å²) in [5.41, 5.74) is 2.54. The third-order valence-electron chi connectivity index (χ3n) is 5.45. The highest BCUT2D eigenvalue weighted by atomic mass is 79.9. The van der Waals surface area contributed by atoms with E-state index >= 15 is 0 Å². The largest absolute Gasteiger partial charge is 0.462 e. The van der Waals surface area contributed by atoms with Crippen molar-refractivity contribution in [2.75, 3.05) is 11.9 Å². The van der Waals surface area contributed by atoms with Crippen LogP contribution in [0.5, 0.6) is 0 Å². The number of thiophene rings is 1. The van der Waals surface area contributed by atoms with Crippen LogP contribution in [0.3, 0.4) is 0 Å². The monoisotopic (exact) mass is 582 g/mol. The molecule has 3 aromatic heterocycles. The fourth-order valence-corrected chi connectivity index (χ4v) is 6.04. The first-order valence-electron chi connectivity index (χ1n) is 11.0. The zero-order valence-corrected chi connectivity index (χ0v) is 22.4. The van der Waals surface area contributed by atoms with E-state index in [0.717, 1.165) is 25.2 Å². The normalized spacial score (nSPS) is 11.2. The highest BCUT2D eigenvalue weighted by Crippen LogP contribution is 2.36. The van der Waals surface area contributed by atoms with E-state index in [1.54, 1.807) is 25.1 Å². The molecule has 182 valence electrons. The number of anilines is 1. The van der Waals surface area contributed by atoms with E-state index in [0.29, 0.717) is 26.4 Å². The number of carbonyl (C=O) groups excluding carboxylic acids is 2. The van der Waals surface area contributed by atoms with Crippen molar-refractivity contribution in [3.05, 3.63) is 74.1 Å². The van der Waals surface area contributed by atoms with Gasteiger partial charge >= 0.3 is 5.97 Å².